The van der Waals surface area contributed by atoms with E-state index in [-0.39, 0.29) is 18.9 Å². The smallest absolute Gasteiger partial charge is 0.315 e. The van der Waals surface area contributed by atoms with Crippen LogP contribution < -0.4 is 4.90 Å². The SMILES string of the molecule is CCOC(=O)CC(=O)N1CCc2nc(-c3ccccn3)nc(N3CCCCC3)c2C1. The number of aromatic nitrogens is 3. The van der Waals surface area contributed by atoms with Crippen molar-refractivity contribution in [2.45, 2.75) is 45.6 Å². The van der Waals surface area contributed by atoms with Crippen LogP contribution >= 0.6 is 0 Å². The predicted octanol–water partition coefficient (Wildman–Crippen LogP) is 2.37. The number of anilines is 1. The van der Waals surface area contributed by atoms with Crippen LogP contribution in [0.25, 0.3) is 11.5 Å². The average Bonchev–Trinajstić information content (AvgIpc) is 2.79. The first-order valence-corrected chi connectivity index (χ1v) is 10.6. The Morgan fingerprint density at radius 1 is 1.10 bits per heavy atom. The first kappa shape index (κ1) is 20.3. The second-order valence-electron chi connectivity index (χ2n) is 7.61. The number of hydrogen-bond donors (Lipinski definition) is 0. The number of hydrogen-bond acceptors (Lipinski definition) is 7. The van der Waals surface area contributed by atoms with Crippen molar-refractivity contribution >= 4 is 17.7 Å². The van der Waals surface area contributed by atoms with E-state index >= 15 is 0 Å². The molecule has 0 unspecified atom stereocenters. The molecular weight excluding hydrogens is 382 g/mol. The van der Waals surface area contributed by atoms with Crippen LogP contribution in [-0.4, -0.2) is 58.0 Å². The number of ether oxygens (including phenoxy) is 1. The summed E-state index contributed by atoms with van der Waals surface area (Å²) in [6, 6.07) is 5.72. The highest BCUT2D eigenvalue weighted by molar-refractivity contribution is 5.94. The molecule has 1 fully saturated rings. The van der Waals surface area contributed by atoms with Gasteiger partial charge in [0.25, 0.3) is 0 Å². The normalized spacial score (nSPS) is 16.2. The van der Waals surface area contributed by atoms with Crippen molar-refractivity contribution in [3.8, 4) is 11.5 Å². The number of carbonyl (C=O) groups is 2. The number of rotatable bonds is 5. The lowest BCUT2D eigenvalue weighted by Gasteiger charge is -2.34. The second-order valence-corrected chi connectivity index (χ2v) is 7.61. The lowest BCUT2D eigenvalue weighted by Crippen LogP contribution is -2.40. The molecule has 4 heterocycles. The molecule has 0 bridgehead atoms. The number of piperidine rings is 1. The highest BCUT2D eigenvalue weighted by atomic mass is 16.5. The second kappa shape index (κ2) is 9.19. The van der Waals surface area contributed by atoms with E-state index in [1.54, 1.807) is 18.0 Å². The topological polar surface area (TPSA) is 88.5 Å². The Bertz CT molecular complexity index is 912. The largest absolute Gasteiger partial charge is 0.466 e. The van der Waals surface area contributed by atoms with E-state index in [2.05, 4.69) is 9.88 Å². The van der Waals surface area contributed by atoms with Gasteiger partial charge >= 0.3 is 5.97 Å². The summed E-state index contributed by atoms with van der Waals surface area (Å²) in [6.45, 7) is 4.86. The van der Waals surface area contributed by atoms with E-state index in [1.165, 1.54) is 6.42 Å². The number of esters is 1. The summed E-state index contributed by atoms with van der Waals surface area (Å²) in [4.78, 5) is 42.5. The average molecular weight is 409 g/mol. The molecule has 0 atom stereocenters. The molecule has 1 saturated heterocycles. The quantitative estimate of drug-likeness (QED) is 0.553. The van der Waals surface area contributed by atoms with Crippen LogP contribution in [0.5, 0.6) is 0 Å². The molecule has 2 aliphatic rings. The van der Waals surface area contributed by atoms with Crippen molar-refractivity contribution in [3.63, 3.8) is 0 Å². The zero-order valence-corrected chi connectivity index (χ0v) is 17.3. The fourth-order valence-corrected chi connectivity index (χ4v) is 4.03. The summed E-state index contributed by atoms with van der Waals surface area (Å²) >= 11 is 0. The van der Waals surface area contributed by atoms with Gasteiger partial charge in [0.15, 0.2) is 5.82 Å². The van der Waals surface area contributed by atoms with Gasteiger partial charge in [0.1, 0.15) is 17.9 Å². The van der Waals surface area contributed by atoms with Gasteiger partial charge in [0.05, 0.1) is 18.8 Å². The minimum Gasteiger partial charge on any atom is -0.466 e. The molecule has 30 heavy (non-hydrogen) atoms. The van der Waals surface area contributed by atoms with E-state index in [0.717, 1.165) is 48.7 Å². The summed E-state index contributed by atoms with van der Waals surface area (Å²) in [5.41, 5.74) is 2.70. The third kappa shape index (κ3) is 4.42. The van der Waals surface area contributed by atoms with Crippen molar-refractivity contribution in [1.29, 1.82) is 0 Å². The molecular formula is C22H27N5O3. The number of fused-ring (bicyclic) bond motifs is 1. The van der Waals surface area contributed by atoms with Crippen molar-refractivity contribution in [2.24, 2.45) is 0 Å². The van der Waals surface area contributed by atoms with Crippen LogP contribution in [0.4, 0.5) is 5.82 Å². The molecule has 0 aromatic carbocycles. The molecule has 1 amide bonds. The minimum absolute atomic E-state index is 0.211. The fourth-order valence-electron chi connectivity index (χ4n) is 4.03. The summed E-state index contributed by atoms with van der Waals surface area (Å²) in [6.07, 6.45) is 5.63. The van der Waals surface area contributed by atoms with Crippen molar-refractivity contribution < 1.29 is 14.3 Å². The Balaban J connectivity index is 1.64. The molecule has 0 N–H and O–H groups in total. The van der Waals surface area contributed by atoms with Gasteiger partial charge in [-0.1, -0.05) is 6.07 Å². The first-order valence-electron chi connectivity index (χ1n) is 10.6. The minimum atomic E-state index is -0.480. The molecule has 0 aliphatic carbocycles. The number of pyridine rings is 1. The Kier molecular flexibility index (Phi) is 6.21. The Hall–Kier alpha value is -3.03. The summed E-state index contributed by atoms with van der Waals surface area (Å²) in [5.74, 6) is 0.832. The Labute approximate surface area is 176 Å². The van der Waals surface area contributed by atoms with Crippen molar-refractivity contribution in [1.82, 2.24) is 19.9 Å². The summed E-state index contributed by atoms with van der Waals surface area (Å²) < 4.78 is 4.93. The molecule has 8 heteroatoms. The molecule has 2 aromatic rings. The molecule has 158 valence electrons. The third-order valence-corrected chi connectivity index (χ3v) is 5.54. The monoisotopic (exact) mass is 409 g/mol. The van der Waals surface area contributed by atoms with E-state index in [0.29, 0.717) is 25.3 Å². The Morgan fingerprint density at radius 3 is 2.67 bits per heavy atom. The van der Waals surface area contributed by atoms with Crippen LogP contribution in [0.15, 0.2) is 24.4 Å². The zero-order chi connectivity index (χ0) is 20.9. The van der Waals surface area contributed by atoms with Gasteiger partial charge in [-0.2, -0.15) is 0 Å². The third-order valence-electron chi connectivity index (χ3n) is 5.54. The molecule has 0 radical (unpaired) electrons. The molecule has 2 aromatic heterocycles. The fraction of sp³-hybridized carbons (Fsp3) is 0.500. The van der Waals surface area contributed by atoms with E-state index in [4.69, 9.17) is 14.7 Å². The van der Waals surface area contributed by atoms with Gasteiger partial charge in [-0.25, -0.2) is 9.97 Å². The van der Waals surface area contributed by atoms with Crippen LogP contribution in [0, 0.1) is 0 Å². The zero-order valence-electron chi connectivity index (χ0n) is 17.3. The lowest BCUT2D eigenvalue weighted by molar-refractivity contribution is -0.148. The molecule has 0 spiro atoms. The standard InChI is InChI=1S/C22H27N5O3/c1-2-30-20(29)14-19(28)27-13-9-17-16(15-27)22(26-11-6-3-7-12-26)25-21(24-17)18-8-4-5-10-23-18/h4-5,8,10H,2-3,6-7,9,11-15H2,1H3. The number of carbonyl (C=O) groups excluding carboxylic acids is 2. The summed E-state index contributed by atoms with van der Waals surface area (Å²) in [5, 5.41) is 0. The van der Waals surface area contributed by atoms with E-state index < -0.39 is 5.97 Å². The maximum absolute atomic E-state index is 12.6. The van der Waals surface area contributed by atoms with Gasteiger partial charge in [-0.15, -0.1) is 0 Å². The molecule has 0 saturated carbocycles. The van der Waals surface area contributed by atoms with Crippen molar-refractivity contribution in [3.05, 3.63) is 35.7 Å². The maximum Gasteiger partial charge on any atom is 0.315 e. The number of amides is 1. The van der Waals surface area contributed by atoms with Gasteiger partial charge in [-0.3, -0.25) is 14.6 Å². The lowest BCUT2D eigenvalue weighted by atomic mass is 10.0. The van der Waals surface area contributed by atoms with Gasteiger partial charge in [-0.05, 0) is 38.3 Å². The Morgan fingerprint density at radius 2 is 1.93 bits per heavy atom. The van der Waals surface area contributed by atoms with Gasteiger partial charge < -0.3 is 14.5 Å². The van der Waals surface area contributed by atoms with Gasteiger partial charge in [0.2, 0.25) is 5.91 Å². The molecule has 8 nitrogen and oxygen atoms in total. The summed E-state index contributed by atoms with van der Waals surface area (Å²) in [7, 11) is 0. The molecule has 4 rings (SSSR count). The van der Waals surface area contributed by atoms with Crippen LogP contribution in [0.1, 0.15) is 43.9 Å². The first-order chi connectivity index (χ1) is 14.7. The highest BCUT2D eigenvalue weighted by Gasteiger charge is 2.29. The van der Waals surface area contributed by atoms with Gasteiger partial charge in [0, 0.05) is 37.8 Å². The maximum atomic E-state index is 12.6. The van der Waals surface area contributed by atoms with Crippen molar-refractivity contribution in [2.75, 3.05) is 31.1 Å². The van der Waals surface area contributed by atoms with Crippen LogP contribution in [0.3, 0.4) is 0 Å². The van der Waals surface area contributed by atoms with Crippen LogP contribution in [-0.2, 0) is 27.3 Å². The predicted molar refractivity (Wildman–Crippen MR) is 112 cm³/mol. The van der Waals surface area contributed by atoms with E-state index in [1.807, 2.05) is 18.2 Å². The van der Waals surface area contributed by atoms with E-state index in [9.17, 15) is 9.59 Å². The number of nitrogens with zero attached hydrogens (tertiary/aromatic N) is 5. The van der Waals surface area contributed by atoms with Crippen LogP contribution in [0.2, 0.25) is 0 Å². The molecule has 2 aliphatic heterocycles. The highest BCUT2D eigenvalue weighted by Crippen LogP contribution is 2.31.